The minimum absolute atomic E-state index is 0.0110. The van der Waals surface area contributed by atoms with Crippen LogP contribution in [0.5, 0.6) is 0 Å². The van der Waals surface area contributed by atoms with Gasteiger partial charge in [-0.1, -0.05) is 124 Å². The molecule has 0 aromatic heterocycles. The first-order valence-corrected chi connectivity index (χ1v) is 22.0. The Labute approximate surface area is 334 Å². The number of phosphoric acid groups is 1. The molecule has 0 aromatic rings. The first-order chi connectivity index (χ1) is 26.7. The van der Waals surface area contributed by atoms with Crippen molar-refractivity contribution in [1.29, 1.82) is 0 Å². The summed E-state index contributed by atoms with van der Waals surface area (Å²) in [7, 11) is -0.761. The molecule has 10 heteroatoms. The van der Waals surface area contributed by atoms with Crippen LogP contribution in [0.2, 0.25) is 0 Å². The second kappa shape index (κ2) is 39.2. The molecule has 0 aliphatic rings. The van der Waals surface area contributed by atoms with Gasteiger partial charge in [0.15, 0.2) is 6.10 Å². The molecule has 0 radical (unpaired) electrons. The molecule has 0 saturated carbocycles. The fourth-order valence-electron chi connectivity index (χ4n) is 4.78. The van der Waals surface area contributed by atoms with E-state index in [9.17, 15) is 19.0 Å². The highest BCUT2D eigenvalue weighted by Gasteiger charge is 2.26. The first-order valence-electron chi connectivity index (χ1n) is 20.5. The van der Waals surface area contributed by atoms with E-state index in [1.165, 1.54) is 0 Å². The molecule has 0 spiro atoms. The van der Waals surface area contributed by atoms with Gasteiger partial charge in [-0.25, -0.2) is 4.57 Å². The fourth-order valence-corrected chi connectivity index (χ4v) is 5.53. The van der Waals surface area contributed by atoms with Crippen LogP contribution < -0.4 is 0 Å². The van der Waals surface area contributed by atoms with Crippen molar-refractivity contribution in [3.8, 4) is 0 Å². The van der Waals surface area contributed by atoms with Crippen LogP contribution in [0.3, 0.4) is 0 Å². The summed E-state index contributed by atoms with van der Waals surface area (Å²) in [6, 6.07) is 0. The van der Waals surface area contributed by atoms with Gasteiger partial charge in [0, 0.05) is 19.4 Å². The van der Waals surface area contributed by atoms with Crippen molar-refractivity contribution in [2.45, 2.75) is 136 Å². The summed E-state index contributed by atoms with van der Waals surface area (Å²) in [5, 5.41) is 0. The average molecular weight is 788 g/mol. The zero-order chi connectivity index (χ0) is 40.5. The van der Waals surface area contributed by atoms with Crippen LogP contribution in [0.15, 0.2) is 97.2 Å². The number of phosphoric ester groups is 1. The maximum Gasteiger partial charge on any atom is 0.472 e. The van der Waals surface area contributed by atoms with Crippen LogP contribution in [-0.4, -0.2) is 68.3 Å². The lowest BCUT2D eigenvalue weighted by molar-refractivity contribution is -0.161. The van der Waals surface area contributed by atoms with Gasteiger partial charge in [-0.3, -0.25) is 18.6 Å². The third-order valence-electron chi connectivity index (χ3n) is 7.89. The van der Waals surface area contributed by atoms with E-state index in [1.54, 1.807) is 4.90 Å². The second-order valence-electron chi connectivity index (χ2n) is 13.4. The number of unbranched alkanes of at least 4 members (excludes halogenated alkanes) is 6. The number of hydrogen-bond acceptors (Lipinski definition) is 8. The molecule has 0 amide bonds. The molecular formula is C45H74NO8P. The Morgan fingerprint density at radius 3 is 1.47 bits per heavy atom. The molecule has 0 saturated heterocycles. The van der Waals surface area contributed by atoms with Crippen molar-refractivity contribution in [3.05, 3.63) is 97.2 Å². The van der Waals surface area contributed by atoms with Gasteiger partial charge in [-0.2, -0.15) is 0 Å². The van der Waals surface area contributed by atoms with E-state index in [1.807, 2.05) is 14.1 Å². The van der Waals surface area contributed by atoms with Crippen LogP contribution in [0.1, 0.15) is 129 Å². The van der Waals surface area contributed by atoms with Gasteiger partial charge in [0.05, 0.1) is 13.2 Å². The Morgan fingerprint density at radius 1 is 0.564 bits per heavy atom. The van der Waals surface area contributed by atoms with Crippen molar-refractivity contribution in [2.75, 3.05) is 40.5 Å². The van der Waals surface area contributed by atoms with Crippen LogP contribution in [0.4, 0.5) is 0 Å². The molecule has 312 valence electrons. The molecule has 0 heterocycles. The number of likely N-dealkylation sites (N-methyl/N-ethyl adjacent to an activating group) is 1. The second-order valence-corrected chi connectivity index (χ2v) is 14.8. The molecule has 55 heavy (non-hydrogen) atoms. The molecule has 0 bridgehead atoms. The van der Waals surface area contributed by atoms with E-state index >= 15 is 0 Å². The quantitative estimate of drug-likeness (QED) is 0.0287. The number of ether oxygens (including phenoxy) is 2. The highest BCUT2D eigenvalue weighted by molar-refractivity contribution is 7.47. The van der Waals surface area contributed by atoms with E-state index in [0.717, 1.165) is 89.9 Å². The minimum atomic E-state index is -4.38. The smallest absolute Gasteiger partial charge is 0.462 e. The summed E-state index contributed by atoms with van der Waals surface area (Å²) in [4.78, 5) is 36.9. The molecule has 2 atom stereocenters. The van der Waals surface area contributed by atoms with E-state index < -0.39 is 32.5 Å². The van der Waals surface area contributed by atoms with E-state index in [2.05, 4.69) is 111 Å². The van der Waals surface area contributed by atoms with Crippen molar-refractivity contribution in [2.24, 2.45) is 0 Å². The zero-order valence-electron chi connectivity index (χ0n) is 34.6. The molecule has 0 aliphatic heterocycles. The summed E-state index contributed by atoms with van der Waals surface area (Å²) in [6.45, 7) is 3.98. The van der Waals surface area contributed by atoms with Gasteiger partial charge in [0.1, 0.15) is 6.61 Å². The van der Waals surface area contributed by atoms with Gasteiger partial charge in [-0.05, 0) is 104 Å². The number of allylic oxidation sites excluding steroid dienone is 16. The number of esters is 2. The summed E-state index contributed by atoms with van der Waals surface area (Å²) in [5.41, 5.74) is 0. The number of carbonyl (C=O) groups is 2. The van der Waals surface area contributed by atoms with E-state index in [0.29, 0.717) is 19.4 Å². The summed E-state index contributed by atoms with van der Waals surface area (Å²) >= 11 is 0. The minimum Gasteiger partial charge on any atom is -0.462 e. The Balaban J connectivity index is 4.46. The van der Waals surface area contributed by atoms with Gasteiger partial charge in [-0.15, -0.1) is 0 Å². The molecule has 0 fully saturated rings. The van der Waals surface area contributed by atoms with Crippen LogP contribution >= 0.6 is 7.82 Å². The first kappa shape index (κ1) is 51.9. The maximum atomic E-state index is 12.6. The third kappa shape index (κ3) is 40.4. The SMILES string of the molecule is CC/C=C\C/C=C\C/C=C\C/C=C\CCCCCCC(=O)OCC(COP(=O)(O)OCCN(C)C)OC(=O)CCCC/C=C\C/C=C\C/C=C\C/C=C\CC. The highest BCUT2D eigenvalue weighted by Crippen LogP contribution is 2.43. The van der Waals surface area contributed by atoms with Gasteiger partial charge >= 0.3 is 19.8 Å². The summed E-state index contributed by atoms with van der Waals surface area (Å²) in [5.74, 6) is -0.892. The maximum absolute atomic E-state index is 12.6. The van der Waals surface area contributed by atoms with Crippen LogP contribution in [0, 0.1) is 0 Å². The van der Waals surface area contributed by atoms with Crippen LogP contribution in [-0.2, 0) is 32.7 Å². The zero-order valence-corrected chi connectivity index (χ0v) is 35.5. The lowest BCUT2D eigenvalue weighted by Gasteiger charge is -2.20. The lowest BCUT2D eigenvalue weighted by Crippen LogP contribution is -2.29. The van der Waals surface area contributed by atoms with Gasteiger partial charge in [0.2, 0.25) is 0 Å². The molecule has 1 N–H and O–H groups in total. The van der Waals surface area contributed by atoms with Gasteiger partial charge in [0.25, 0.3) is 0 Å². The van der Waals surface area contributed by atoms with Crippen molar-refractivity contribution < 1.29 is 37.6 Å². The number of hydrogen-bond donors (Lipinski definition) is 1. The standard InChI is InChI=1S/C45H74NO8P/c1-5-7-9-11-13-15-17-19-21-22-24-25-27-29-31-33-35-37-44(47)51-41-43(42-53-55(49,50)52-40-39-46(3)4)54-45(48)38-36-34-32-30-28-26-23-20-18-16-14-12-10-8-6-2/h7-10,13-16,19-21,23-25,28,30,43H,5-6,11-12,17-18,22,26-27,29,31-42H2,1-4H3,(H,49,50)/b9-7-,10-8-,15-13-,16-14-,21-19-,23-20-,25-24-,30-28-. The Hall–Kier alpha value is -3.07. The molecule has 0 aliphatic carbocycles. The van der Waals surface area contributed by atoms with E-state index in [-0.39, 0.29) is 26.1 Å². The molecule has 0 aromatic carbocycles. The summed E-state index contributed by atoms with van der Waals surface area (Å²) in [6.07, 6.45) is 48.9. The number of rotatable bonds is 36. The highest BCUT2D eigenvalue weighted by atomic mass is 31.2. The predicted molar refractivity (Wildman–Crippen MR) is 229 cm³/mol. The Morgan fingerprint density at radius 2 is 0.982 bits per heavy atom. The van der Waals surface area contributed by atoms with Crippen molar-refractivity contribution in [3.63, 3.8) is 0 Å². The third-order valence-corrected chi connectivity index (χ3v) is 8.87. The predicted octanol–water partition coefficient (Wildman–Crippen LogP) is 11.6. The van der Waals surface area contributed by atoms with E-state index in [4.69, 9.17) is 18.5 Å². The molecule has 2 unspecified atom stereocenters. The van der Waals surface area contributed by atoms with Gasteiger partial charge < -0.3 is 19.3 Å². The molecule has 0 rings (SSSR count). The molecular weight excluding hydrogens is 713 g/mol. The topological polar surface area (TPSA) is 112 Å². The largest absolute Gasteiger partial charge is 0.472 e. The normalized spacial score (nSPS) is 14.4. The Bertz CT molecular complexity index is 1230. The van der Waals surface area contributed by atoms with Crippen molar-refractivity contribution >= 4 is 19.8 Å². The number of nitrogens with zero attached hydrogens (tertiary/aromatic N) is 1. The number of carbonyl (C=O) groups excluding carboxylic acids is 2. The van der Waals surface area contributed by atoms with Crippen molar-refractivity contribution in [1.82, 2.24) is 4.90 Å². The monoisotopic (exact) mass is 788 g/mol. The Kier molecular flexibility index (Phi) is 37.0. The fraction of sp³-hybridized carbons (Fsp3) is 0.600. The van der Waals surface area contributed by atoms with Crippen LogP contribution in [0.25, 0.3) is 0 Å². The summed E-state index contributed by atoms with van der Waals surface area (Å²) < 4.78 is 33.3. The molecule has 9 nitrogen and oxygen atoms in total. The lowest BCUT2D eigenvalue weighted by atomic mass is 10.1. The average Bonchev–Trinajstić information content (AvgIpc) is 3.15.